The van der Waals surface area contributed by atoms with Crippen LogP contribution in [0, 0.1) is 0 Å². The summed E-state index contributed by atoms with van der Waals surface area (Å²) in [7, 11) is 1.42. The largest absolute Gasteiger partial charge is 0.468 e. The van der Waals surface area contributed by atoms with Crippen molar-refractivity contribution >= 4 is 39.3 Å². The molecule has 2 aromatic heterocycles. The van der Waals surface area contributed by atoms with E-state index in [0.717, 1.165) is 26.1 Å². The van der Waals surface area contributed by atoms with Crippen molar-refractivity contribution in [3.63, 3.8) is 0 Å². The number of rotatable bonds is 4. The summed E-state index contributed by atoms with van der Waals surface area (Å²) < 4.78 is 9.64. The number of pyridine rings is 1. The first-order chi connectivity index (χ1) is 11.0. The van der Waals surface area contributed by atoms with Gasteiger partial charge in [0.15, 0.2) is 0 Å². The van der Waals surface area contributed by atoms with E-state index < -0.39 is 4.75 Å². The van der Waals surface area contributed by atoms with Gasteiger partial charge in [0.25, 0.3) is 0 Å². The van der Waals surface area contributed by atoms with Gasteiger partial charge >= 0.3 is 5.97 Å². The second kappa shape index (κ2) is 6.29. The molecule has 0 amide bonds. The third-order valence-corrected chi connectivity index (χ3v) is 5.55. The summed E-state index contributed by atoms with van der Waals surface area (Å²) in [6.45, 7) is 3.74. The van der Waals surface area contributed by atoms with Gasteiger partial charge in [-0.2, -0.15) is 4.37 Å². The Morgan fingerprint density at radius 3 is 2.78 bits per heavy atom. The summed E-state index contributed by atoms with van der Waals surface area (Å²) >= 11 is 2.95. The Hall–Kier alpha value is -1.92. The number of carbonyl (C=O) groups excluding carboxylic acids is 1. The van der Waals surface area contributed by atoms with Crippen molar-refractivity contribution in [3.8, 4) is 11.1 Å². The van der Waals surface area contributed by atoms with Crippen LogP contribution in [0.15, 0.2) is 47.8 Å². The number of methoxy groups -OCH3 is 1. The Kier molecular flexibility index (Phi) is 4.37. The van der Waals surface area contributed by atoms with Gasteiger partial charge in [-0.1, -0.05) is 12.1 Å². The summed E-state index contributed by atoms with van der Waals surface area (Å²) in [6.07, 6.45) is 5.45. The molecule has 4 nitrogen and oxygen atoms in total. The van der Waals surface area contributed by atoms with E-state index in [-0.39, 0.29) is 5.97 Å². The number of hydrogen-bond donors (Lipinski definition) is 0. The zero-order valence-electron chi connectivity index (χ0n) is 13.1. The fourth-order valence-corrected chi connectivity index (χ4v) is 4.40. The van der Waals surface area contributed by atoms with E-state index in [2.05, 4.69) is 9.36 Å². The molecule has 1 aromatic carbocycles. The highest BCUT2D eigenvalue weighted by molar-refractivity contribution is 8.01. The summed E-state index contributed by atoms with van der Waals surface area (Å²) in [4.78, 5) is 17.3. The molecule has 0 atom stereocenters. The van der Waals surface area contributed by atoms with Crippen LogP contribution in [0.25, 0.3) is 21.2 Å². The molecule has 0 saturated heterocycles. The summed E-state index contributed by atoms with van der Waals surface area (Å²) in [6, 6.07) is 8.01. The first kappa shape index (κ1) is 16.0. The molecule has 0 aliphatic rings. The Labute approximate surface area is 143 Å². The highest BCUT2D eigenvalue weighted by Gasteiger charge is 2.31. The van der Waals surface area contributed by atoms with Crippen molar-refractivity contribution in [2.45, 2.75) is 23.5 Å². The second-order valence-electron chi connectivity index (χ2n) is 5.53. The van der Waals surface area contributed by atoms with E-state index in [1.54, 1.807) is 6.20 Å². The summed E-state index contributed by atoms with van der Waals surface area (Å²) in [5.41, 5.74) is 2.09. The first-order valence-electron chi connectivity index (χ1n) is 7.08. The number of benzene rings is 1. The molecule has 0 aliphatic heterocycles. The fraction of sp³-hybridized carbons (Fsp3) is 0.235. The molecule has 0 unspecified atom stereocenters. The molecular formula is C17H16N2O2S2. The van der Waals surface area contributed by atoms with Crippen molar-refractivity contribution in [1.29, 1.82) is 0 Å². The highest BCUT2D eigenvalue weighted by atomic mass is 32.2. The van der Waals surface area contributed by atoms with Gasteiger partial charge < -0.3 is 4.74 Å². The van der Waals surface area contributed by atoms with E-state index in [1.165, 1.54) is 30.4 Å². The van der Waals surface area contributed by atoms with Crippen molar-refractivity contribution in [2.75, 3.05) is 7.11 Å². The van der Waals surface area contributed by atoms with Crippen molar-refractivity contribution < 1.29 is 9.53 Å². The van der Waals surface area contributed by atoms with Crippen LogP contribution in [0.5, 0.6) is 0 Å². The van der Waals surface area contributed by atoms with Gasteiger partial charge in [0, 0.05) is 40.0 Å². The minimum Gasteiger partial charge on any atom is -0.468 e. The van der Waals surface area contributed by atoms with Crippen LogP contribution in [0.2, 0.25) is 0 Å². The van der Waals surface area contributed by atoms with E-state index in [1.807, 2.05) is 50.5 Å². The van der Waals surface area contributed by atoms with E-state index in [0.29, 0.717) is 0 Å². The molecule has 0 radical (unpaired) electrons. The normalized spacial score (nSPS) is 11.6. The van der Waals surface area contributed by atoms with Crippen LogP contribution in [-0.2, 0) is 9.53 Å². The average Bonchev–Trinajstić information content (AvgIpc) is 3.02. The smallest absolute Gasteiger partial charge is 0.321 e. The lowest BCUT2D eigenvalue weighted by Gasteiger charge is -2.22. The maximum absolute atomic E-state index is 12.0. The van der Waals surface area contributed by atoms with Gasteiger partial charge in [-0.25, -0.2) is 0 Å². The summed E-state index contributed by atoms with van der Waals surface area (Å²) in [5, 5.41) is 1.09. The molecule has 23 heavy (non-hydrogen) atoms. The lowest BCUT2D eigenvalue weighted by Crippen LogP contribution is -2.28. The minimum atomic E-state index is -0.677. The zero-order valence-corrected chi connectivity index (χ0v) is 14.7. The van der Waals surface area contributed by atoms with Crippen LogP contribution >= 0.6 is 23.3 Å². The molecule has 0 bridgehead atoms. The molecule has 118 valence electrons. The Morgan fingerprint density at radius 2 is 2.09 bits per heavy atom. The number of hydrogen-bond acceptors (Lipinski definition) is 6. The van der Waals surface area contributed by atoms with Crippen LogP contribution < -0.4 is 0 Å². The molecule has 0 aliphatic carbocycles. The molecular weight excluding hydrogens is 328 g/mol. The first-order valence-corrected chi connectivity index (χ1v) is 8.67. The fourth-order valence-electron chi connectivity index (χ4n) is 2.35. The Morgan fingerprint density at radius 1 is 1.26 bits per heavy atom. The highest BCUT2D eigenvalue weighted by Crippen LogP contribution is 2.43. The summed E-state index contributed by atoms with van der Waals surface area (Å²) in [5.74, 6) is -0.246. The van der Waals surface area contributed by atoms with Crippen molar-refractivity contribution in [1.82, 2.24) is 9.36 Å². The molecule has 3 aromatic rings. The number of esters is 1. The van der Waals surface area contributed by atoms with Crippen LogP contribution in [-0.4, -0.2) is 27.2 Å². The molecule has 3 rings (SSSR count). The third-order valence-electron chi connectivity index (χ3n) is 3.48. The van der Waals surface area contributed by atoms with Gasteiger partial charge in [-0.05, 0) is 37.5 Å². The monoisotopic (exact) mass is 344 g/mol. The molecule has 6 heteroatoms. The van der Waals surface area contributed by atoms with Crippen LogP contribution in [0.3, 0.4) is 0 Å². The molecule has 2 heterocycles. The maximum atomic E-state index is 12.0. The number of carbonyl (C=O) groups is 1. The van der Waals surface area contributed by atoms with Gasteiger partial charge in [0.1, 0.15) is 4.75 Å². The lowest BCUT2D eigenvalue weighted by atomic mass is 10.1. The molecule has 0 saturated carbocycles. The Bertz CT molecular complexity index is 844. The van der Waals surface area contributed by atoms with E-state index in [4.69, 9.17) is 4.74 Å². The van der Waals surface area contributed by atoms with Crippen molar-refractivity contribution in [2.24, 2.45) is 0 Å². The predicted octanol–water partition coefficient (Wildman–Crippen LogP) is 4.40. The SMILES string of the molecule is COC(=O)C(C)(C)Sc1ccc2cnsc2c1-c1cccnc1. The Balaban J connectivity index is 2.16. The van der Waals surface area contributed by atoms with Gasteiger partial charge in [-0.15, -0.1) is 11.8 Å². The van der Waals surface area contributed by atoms with Gasteiger partial charge in [0.2, 0.25) is 0 Å². The molecule has 0 N–H and O–H groups in total. The van der Waals surface area contributed by atoms with Crippen LogP contribution in [0.1, 0.15) is 13.8 Å². The maximum Gasteiger partial charge on any atom is 0.321 e. The van der Waals surface area contributed by atoms with Gasteiger partial charge in [-0.3, -0.25) is 9.78 Å². The van der Waals surface area contributed by atoms with E-state index in [9.17, 15) is 4.79 Å². The topological polar surface area (TPSA) is 52.1 Å². The molecule has 0 fully saturated rings. The number of ether oxygens (including phenoxy) is 1. The van der Waals surface area contributed by atoms with Crippen LogP contribution in [0.4, 0.5) is 0 Å². The molecule has 0 spiro atoms. The second-order valence-corrected chi connectivity index (χ2v) is 7.99. The van der Waals surface area contributed by atoms with Crippen molar-refractivity contribution in [3.05, 3.63) is 42.9 Å². The third kappa shape index (κ3) is 3.09. The van der Waals surface area contributed by atoms with E-state index >= 15 is 0 Å². The minimum absolute atomic E-state index is 0.246. The number of fused-ring (bicyclic) bond motifs is 1. The zero-order chi connectivity index (χ0) is 16.4. The standard InChI is InChI=1S/C17H16N2O2S2/c1-17(2,16(20)21-3)22-13-7-6-12-10-19-23-15(12)14(13)11-5-4-8-18-9-11/h4-10H,1-3H3. The lowest BCUT2D eigenvalue weighted by molar-refractivity contribution is -0.142. The number of thioether (sulfide) groups is 1. The number of nitrogens with zero attached hydrogens (tertiary/aromatic N) is 2. The predicted molar refractivity (Wildman–Crippen MR) is 94.8 cm³/mol. The average molecular weight is 344 g/mol. The quantitative estimate of drug-likeness (QED) is 0.518. The van der Waals surface area contributed by atoms with Gasteiger partial charge in [0.05, 0.1) is 11.8 Å². The number of aromatic nitrogens is 2.